The molecule has 37 heavy (non-hydrogen) atoms. The predicted molar refractivity (Wildman–Crippen MR) is 146 cm³/mol. The summed E-state index contributed by atoms with van der Waals surface area (Å²) in [4.78, 5) is 17.4. The first-order valence-electron chi connectivity index (χ1n) is 12.2. The Morgan fingerprint density at radius 2 is 1.95 bits per heavy atom. The summed E-state index contributed by atoms with van der Waals surface area (Å²) >= 11 is 1.12. The van der Waals surface area contributed by atoms with Crippen LogP contribution in [0, 0.1) is 5.92 Å². The number of amides is 1. The number of carbonyl (C=O) groups excluding carboxylic acids is 1. The quantitative estimate of drug-likeness (QED) is 0.425. The molecule has 10 heteroatoms. The highest BCUT2D eigenvalue weighted by Crippen LogP contribution is 2.32. The Balaban J connectivity index is 1.63. The van der Waals surface area contributed by atoms with Crippen molar-refractivity contribution in [3.8, 4) is 5.75 Å². The highest BCUT2D eigenvalue weighted by Gasteiger charge is 2.33. The van der Waals surface area contributed by atoms with Crippen LogP contribution in [0.25, 0.3) is 0 Å². The molecule has 0 aliphatic carbocycles. The fourth-order valence-corrected chi connectivity index (χ4v) is 6.43. The number of aliphatic hydroxyl groups excluding tert-OH is 1. The van der Waals surface area contributed by atoms with Gasteiger partial charge in [-0.25, -0.2) is 8.42 Å². The Morgan fingerprint density at radius 1 is 1.19 bits per heavy atom. The van der Waals surface area contributed by atoms with Gasteiger partial charge >= 0.3 is 0 Å². The van der Waals surface area contributed by atoms with Crippen LogP contribution in [0.15, 0.2) is 70.3 Å². The first-order valence-corrected chi connectivity index (χ1v) is 14.6. The minimum absolute atomic E-state index is 0.0127. The highest BCUT2D eigenvalue weighted by molar-refractivity contribution is 7.94. The maximum absolute atomic E-state index is 13.6. The van der Waals surface area contributed by atoms with Crippen LogP contribution in [0.2, 0.25) is 0 Å². The van der Waals surface area contributed by atoms with Crippen LogP contribution < -0.4 is 9.46 Å². The number of thiophene rings is 1. The van der Waals surface area contributed by atoms with E-state index in [0.717, 1.165) is 17.9 Å². The Bertz CT molecular complexity index is 1300. The molecule has 1 aliphatic rings. The highest BCUT2D eigenvalue weighted by atomic mass is 32.2. The first-order chi connectivity index (χ1) is 17.7. The van der Waals surface area contributed by atoms with Gasteiger partial charge in [-0.2, -0.15) is 0 Å². The van der Waals surface area contributed by atoms with Gasteiger partial charge < -0.3 is 14.7 Å². The van der Waals surface area contributed by atoms with Gasteiger partial charge in [0.15, 0.2) is 0 Å². The van der Waals surface area contributed by atoms with Crippen LogP contribution in [-0.4, -0.2) is 68.1 Å². The van der Waals surface area contributed by atoms with Crippen molar-refractivity contribution >= 4 is 33.0 Å². The molecule has 1 aliphatic heterocycles. The lowest BCUT2D eigenvalue weighted by molar-refractivity contribution is 0.0341. The lowest BCUT2D eigenvalue weighted by atomic mass is 9.99. The monoisotopic (exact) mass is 543 g/mol. The number of nitrogens with one attached hydrogen (secondary N) is 1. The van der Waals surface area contributed by atoms with E-state index in [4.69, 9.17) is 4.74 Å². The molecule has 3 aromatic rings. The second kappa shape index (κ2) is 11.6. The molecule has 2 N–H and O–H groups in total. The predicted octanol–water partition coefficient (Wildman–Crippen LogP) is 3.90. The number of carbonyl (C=O) groups is 1. The zero-order chi connectivity index (χ0) is 26.6. The van der Waals surface area contributed by atoms with E-state index >= 15 is 0 Å². The fraction of sp³-hybridized carbons (Fsp3) is 0.370. The summed E-state index contributed by atoms with van der Waals surface area (Å²) in [6.45, 7) is 5.43. The largest absolute Gasteiger partial charge is 0.488 e. The summed E-state index contributed by atoms with van der Waals surface area (Å²) in [7, 11) is -1.74. The zero-order valence-corrected chi connectivity index (χ0v) is 22.8. The van der Waals surface area contributed by atoms with E-state index < -0.39 is 16.1 Å². The van der Waals surface area contributed by atoms with E-state index in [1.54, 1.807) is 35.4 Å². The first kappa shape index (κ1) is 27.1. The minimum Gasteiger partial charge on any atom is -0.488 e. The number of ether oxygens (including phenoxy) is 1. The molecule has 2 aromatic carbocycles. The third kappa shape index (κ3) is 6.51. The number of nitrogens with zero attached hydrogens (tertiary/aromatic N) is 2. The normalized spacial score (nSPS) is 19.1. The van der Waals surface area contributed by atoms with Crippen LogP contribution >= 0.6 is 11.3 Å². The molecule has 2 heterocycles. The molecule has 4 rings (SSSR count). The Labute approximate surface area is 222 Å². The number of aliphatic hydroxyl groups is 1. The van der Waals surface area contributed by atoms with Crippen molar-refractivity contribution in [1.29, 1.82) is 0 Å². The Morgan fingerprint density at radius 3 is 2.62 bits per heavy atom. The van der Waals surface area contributed by atoms with E-state index in [1.807, 2.05) is 32.2 Å². The van der Waals surface area contributed by atoms with Crippen LogP contribution in [0.4, 0.5) is 5.69 Å². The van der Waals surface area contributed by atoms with Gasteiger partial charge in [-0.3, -0.25) is 14.4 Å². The van der Waals surface area contributed by atoms with Gasteiger partial charge in [-0.1, -0.05) is 43.3 Å². The van der Waals surface area contributed by atoms with Gasteiger partial charge in [0.25, 0.3) is 15.9 Å². The number of likely N-dealkylation sites (N-methyl/N-ethyl adjacent to an activating group) is 1. The van der Waals surface area contributed by atoms with E-state index in [1.165, 1.54) is 17.7 Å². The van der Waals surface area contributed by atoms with Crippen molar-refractivity contribution in [3.05, 3.63) is 77.2 Å². The maximum atomic E-state index is 13.6. The van der Waals surface area contributed by atoms with Gasteiger partial charge in [0, 0.05) is 31.2 Å². The van der Waals surface area contributed by atoms with Gasteiger partial charge in [0.05, 0.1) is 18.2 Å². The summed E-state index contributed by atoms with van der Waals surface area (Å²) in [5.74, 6) is 0.0712. The van der Waals surface area contributed by atoms with E-state index in [0.29, 0.717) is 18.8 Å². The number of anilines is 1. The molecule has 0 bridgehead atoms. The third-order valence-electron chi connectivity index (χ3n) is 6.46. The molecule has 0 unspecified atom stereocenters. The Kier molecular flexibility index (Phi) is 8.53. The van der Waals surface area contributed by atoms with Gasteiger partial charge in [-0.15, -0.1) is 11.3 Å². The third-order valence-corrected chi connectivity index (χ3v) is 9.24. The lowest BCUT2D eigenvalue weighted by Crippen LogP contribution is -2.49. The van der Waals surface area contributed by atoms with Crippen molar-refractivity contribution in [2.45, 2.75) is 36.7 Å². The standard InChI is InChI=1S/C27H33N3O5S2/c1-19-15-30(20(2)18-31)27(32)23-14-22(28-37(33,34)26-10-7-13-36-26)11-12-24(23)35-25(19)17-29(3)16-21-8-5-4-6-9-21/h4-14,19-20,25,28,31H,15-18H2,1-3H3/t19-,20+,25+/m0/s1. The van der Waals surface area contributed by atoms with Crippen molar-refractivity contribution in [1.82, 2.24) is 9.80 Å². The van der Waals surface area contributed by atoms with Crippen molar-refractivity contribution in [2.75, 3.05) is 31.5 Å². The van der Waals surface area contributed by atoms with Gasteiger partial charge in [-0.05, 0) is 49.2 Å². The maximum Gasteiger partial charge on any atom is 0.271 e. The second-order valence-corrected chi connectivity index (χ2v) is 12.4. The van der Waals surface area contributed by atoms with Crippen molar-refractivity contribution < 1.29 is 23.1 Å². The molecule has 3 atom stereocenters. The molecule has 198 valence electrons. The number of hydrogen-bond donors (Lipinski definition) is 2. The van der Waals surface area contributed by atoms with Crippen LogP contribution in [0.1, 0.15) is 29.8 Å². The second-order valence-electron chi connectivity index (χ2n) is 9.55. The van der Waals surface area contributed by atoms with Crippen molar-refractivity contribution in [2.24, 2.45) is 5.92 Å². The molecule has 0 saturated heterocycles. The number of hydrogen-bond acceptors (Lipinski definition) is 7. The summed E-state index contributed by atoms with van der Waals surface area (Å²) < 4.78 is 34.7. The molecule has 0 radical (unpaired) electrons. The lowest BCUT2D eigenvalue weighted by Gasteiger charge is -2.38. The molecule has 8 nitrogen and oxygen atoms in total. The van der Waals surface area contributed by atoms with Crippen LogP contribution in [0.5, 0.6) is 5.75 Å². The molecule has 0 saturated carbocycles. The fourth-order valence-electron chi connectivity index (χ4n) is 4.39. The number of benzene rings is 2. The summed E-state index contributed by atoms with van der Waals surface area (Å²) in [6, 6.07) is 17.7. The minimum atomic E-state index is -3.77. The van der Waals surface area contributed by atoms with Gasteiger partial charge in [0.1, 0.15) is 16.1 Å². The molecule has 0 fully saturated rings. The smallest absolute Gasteiger partial charge is 0.271 e. The average Bonchev–Trinajstić information content (AvgIpc) is 3.43. The molecule has 1 amide bonds. The van der Waals surface area contributed by atoms with E-state index in [2.05, 4.69) is 21.8 Å². The van der Waals surface area contributed by atoms with E-state index in [9.17, 15) is 18.3 Å². The number of sulfonamides is 1. The van der Waals surface area contributed by atoms with Gasteiger partial charge in [0.2, 0.25) is 0 Å². The summed E-state index contributed by atoms with van der Waals surface area (Å²) in [6.07, 6.45) is -0.234. The zero-order valence-electron chi connectivity index (χ0n) is 21.2. The summed E-state index contributed by atoms with van der Waals surface area (Å²) in [5.41, 5.74) is 1.72. The van der Waals surface area contributed by atoms with E-state index in [-0.39, 0.29) is 40.0 Å². The van der Waals surface area contributed by atoms with Crippen molar-refractivity contribution in [3.63, 3.8) is 0 Å². The summed E-state index contributed by atoms with van der Waals surface area (Å²) in [5, 5.41) is 11.6. The Hall–Kier alpha value is -2.92. The molecule has 0 spiro atoms. The van der Waals surface area contributed by atoms with Crippen LogP contribution in [-0.2, 0) is 16.6 Å². The number of rotatable bonds is 9. The molecular formula is C27H33N3O5S2. The molecular weight excluding hydrogens is 510 g/mol. The topological polar surface area (TPSA) is 99.2 Å². The van der Waals surface area contributed by atoms with Crippen LogP contribution in [0.3, 0.4) is 0 Å². The average molecular weight is 544 g/mol. The number of fused-ring (bicyclic) bond motifs is 1. The SMILES string of the molecule is C[C@H](CO)N1C[C@H](C)[C@@H](CN(C)Cc2ccccc2)Oc2ccc(NS(=O)(=O)c3cccs3)cc2C1=O. The molecule has 1 aromatic heterocycles.